The number of halogens is 2. The van der Waals surface area contributed by atoms with Gasteiger partial charge in [0, 0.05) is 39.5 Å². The highest BCUT2D eigenvalue weighted by Crippen LogP contribution is 2.17. The van der Waals surface area contributed by atoms with Crippen LogP contribution in [0.5, 0.6) is 0 Å². The number of rotatable bonds is 6. The maximum absolute atomic E-state index is 13.8. The lowest BCUT2D eigenvalue weighted by molar-refractivity contribution is 0.551. The first kappa shape index (κ1) is 20.5. The molecular formula is C17H27F2N3OS. The lowest BCUT2D eigenvalue weighted by Crippen LogP contribution is -2.39. The van der Waals surface area contributed by atoms with Gasteiger partial charge in [0.2, 0.25) is 0 Å². The van der Waals surface area contributed by atoms with Gasteiger partial charge < -0.3 is 10.6 Å². The summed E-state index contributed by atoms with van der Waals surface area (Å²) in [5.74, 6) is -0.229. The van der Waals surface area contributed by atoms with Crippen molar-refractivity contribution in [1.29, 1.82) is 0 Å². The molecule has 0 spiro atoms. The van der Waals surface area contributed by atoms with Gasteiger partial charge in [-0.2, -0.15) is 0 Å². The summed E-state index contributed by atoms with van der Waals surface area (Å²) in [6.45, 7) is 10.5. The largest absolute Gasteiger partial charge is 0.357 e. The molecule has 0 saturated carbocycles. The quantitative estimate of drug-likeness (QED) is 0.606. The normalized spacial score (nSPS) is 15.0. The lowest BCUT2D eigenvalue weighted by Gasteiger charge is -2.19. The Morgan fingerprint density at radius 3 is 2.54 bits per heavy atom. The predicted molar refractivity (Wildman–Crippen MR) is 96.6 cm³/mol. The van der Waals surface area contributed by atoms with Gasteiger partial charge in [-0.3, -0.25) is 9.20 Å². The lowest BCUT2D eigenvalue weighted by atomic mass is 10.1. The fourth-order valence-corrected chi connectivity index (χ4v) is 2.87. The van der Waals surface area contributed by atoms with Crippen LogP contribution in [0.3, 0.4) is 0 Å². The van der Waals surface area contributed by atoms with E-state index in [2.05, 4.69) is 15.6 Å². The smallest absolute Gasteiger partial charge is 0.191 e. The molecule has 1 aromatic rings. The van der Waals surface area contributed by atoms with Crippen LogP contribution in [0.1, 0.15) is 46.2 Å². The third kappa shape index (κ3) is 6.55. The molecule has 0 bridgehead atoms. The van der Waals surface area contributed by atoms with Gasteiger partial charge in [0.05, 0.1) is 12.6 Å². The number of nitrogens with zero attached hydrogens (tertiary/aromatic N) is 1. The molecule has 0 aliphatic carbocycles. The molecule has 24 heavy (non-hydrogen) atoms. The fraction of sp³-hybridized carbons (Fsp3) is 0.588. The molecule has 0 saturated heterocycles. The number of hydrogen-bond donors (Lipinski definition) is 2. The molecule has 2 unspecified atom stereocenters. The summed E-state index contributed by atoms with van der Waals surface area (Å²) in [5.41, 5.74) is 0.361. The second kappa shape index (κ2) is 9.11. The van der Waals surface area contributed by atoms with Crippen LogP contribution in [-0.2, 0) is 10.8 Å². The Bertz CT molecular complexity index is 600. The third-order valence-electron chi connectivity index (χ3n) is 3.36. The number of nitrogens with one attached hydrogen (secondary N) is 2. The molecule has 0 heterocycles. The first-order valence-corrected chi connectivity index (χ1v) is 9.35. The van der Waals surface area contributed by atoms with Gasteiger partial charge in [-0.25, -0.2) is 8.78 Å². The van der Waals surface area contributed by atoms with Crippen molar-refractivity contribution in [1.82, 2.24) is 10.6 Å². The van der Waals surface area contributed by atoms with Crippen molar-refractivity contribution in [2.24, 2.45) is 4.99 Å². The molecular weight excluding hydrogens is 332 g/mol. The van der Waals surface area contributed by atoms with Crippen LogP contribution in [0.15, 0.2) is 23.2 Å². The van der Waals surface area contributed by atoms with E-state index in [-0.39, 0.29) is 10.8 Å². The number of guanidine groups is 1. The molecule has 0 fully saturated rings. The second-order valence-electron chi connectivity index (χ2n) is 6.45. The molecule has 7 heteroatoms. The van der Waals surface area contributed by atoms with Gasteiger partial charge in [-0.05, 0) is 40.7 Å². The van der Waals surface area contributed by atoms with Gasteiger partial charge in [0.25, 0.3) is 0 Å². The highest BCUT2D eigenvalue weighted by Gasteiger charge is 2.19. The van der Waals surface area contributed by atoms with E-state index in [0.29, 0.717) is 30.4 Å². The van der Waals surface area contributed by atoms with Crippen molar-refractivity contribution in [3.63, 3.8) is 0 Å². The van der Waals surface area contributed by atoms with E-state index in [1.807, 2.05) is 27.7 Å². The summed E-state index contributed by atoms with van der Waals surface area (Å²) in [5, 5.41) is 6.15. The Hall–Kier alpha value is -1.50. The summed E-state index contributed by atoms with van der Waals surface area (Å²) in [4.78, 5) is 4.38. The summed E-state index contributed by atoms with van der Waals surface area (Å²) in [6, 6.07) is 3.13. The summed E-state index contributed by atoms with van der Waals surface area (Å²) in [6.07, 6.45) is 0. The van der Waals surface area contributed by atoms with Crippen LogP contribution >= 0.6 is 0 Å². The SMILES string of the molecule is CCNC(=NCCS(=O)C(C)(C)C)NC(C)c1ccc(F)cc1F. The van der Waals surface area contributed by atoms with E-state index in [9.17, 15) is 13.0 Å². The Labute approximate surface area is 145 Å². The van der Waals surface area contributed by atoms with Crippen molar-refractivity contribution >= 4 is 16.8 Å². The summed E-state index contributed by atoms with van der Waals surface area (Å²) < 4.78 is 38.6. The average Bonchev–Trinajstić information content (AvgIpc) is 2.45. The Morgan fingerprint density at radius 1 is 1.33 bits per heavy atom. The first-order chi connectivity index (χ1) is 11.1. The standard InChI is InChI=1S/C17H27F2N3OS/c1-6-20-16(21-9-10-24(23)17(3,4)5)22-12(2)14-8-7-13(18)11-15(14)19/h7-8,11-12H,6,9-10H2,1-5H3,(H2,20,21,22). The monoisotopic (exact) mass is 359 g/mol. The van der Waals surface area contributed by atoms with Crippen LogP contribution < -0.4 is 10.6 Å². The molecule has 1 rings (SSSR count). The van der Waals surface area contributed by atoms with E-state index < -0.39 is 22.4 Å². The third-order valence-corrected chi connectivity index (χ3v) is 5.28. The second-order valence-corrected chi connectivity index (χ2v) is 8.78. The minimum atomic E-state index is -0.977. The zero-order valence-corrected chi connectivity index (χ0v) is 15.8. The number of aliphatic imine (C=N–C) groups is 1. The first-order valence-electron chi connectivity index (χ1n) is 8.03. The molecule has 0 aliphatic heterocycles. The van der Waals surface area contributed by atoms with Gasteiger partial charge in [0.15, 0.2) is 5.96 Å². The van der Waals surface area contributed by atoms with E-state index in [1.165, 1.54) is 12.1 Å². The van der Waals surface area contributed by atoms with E-state index in [4.69, 9.17) is 0 Å². The topological polar surface area (TPSA) is 53.5 Å². The van der Waals surface area contributed by atoms with E-state index in [1.54, 1.807) is 6.92 Å². The van der Waals surface area contributed by atoms with Crippen LogP contribution in [0, 0.1) is 11.6 Å². The zero-order valence-electron chi connectivity index (χ0n) is 15.0. The average molecular weight is 359 g/mol. The van der Waals surface area contributed by atoms with Crippen molar-refractivity contribution in [3.8, 4) is 0 Å². The van der Waals surface area contributed by atoms with Gasteiger partial charge in [-0.15, -0.1) is 0 Å². The highest BCUT2D eigenvalue weighted by molar-refractivity contribution is 7.86. The van der Waals surface area contributed by atoms with Crippen LogP contribution in [0.4, 0.5) is 8.78 Å². The minimum absolute atomic E-state index is 0.272. The maximum atomic E-state index is 13.8. The number of hydrogen-bond acceptors (Lipinski definition) is 2. The van der Waals surface area contributed by atoms with E-state index >= 15 is 0 Å². The van der Waals surface area contributed by atoms with Crippen molar-refractivity contribution < 1.29 is 13.0 Å². The van der Waals surface area contributed by atoms with Crippen LogP contribution in [0.2, 0.25) is 0 Å². The molecule has 0 aliphatic rings. The molecule has 1 aromatic carbocycles. The van der Waals surface area contributed by atoms with Gasteiger partial charge >= 0.3 is 0 Å². The van der Waals surface area contributed by atoms with Crippen molar-refractivity contribution in [3.05, 3.63) is 35.4 Å². The van der Waals surface area contributed by atoms with E-state index in [0.717, 1.165) is 6.07 Å². The Balaban J connectivity index is 2.74. The minimum Gasteiger partial charge on any atom is -0.357 e. The van der Waals surface area contributed by atoms with Gasteiger partial charge in [-0.1, -0.05) is 6.07 Å². The predicted octanol–water partition coefficient (Wildman–Crippen LogP) is 3.13. The van der Waals surface area contributed by atoms with Crippen molar-refractivity contribution in [2.75, 3.05) is 18.8 Å². The highest BCUT2D eigenvalue weighted by atomic mass is 32.2. The molecule has 4 nitrogen and oxygen atoms in total. The molecule has 0 radical (unpaired) electrons. The fourth-order valence-electron chi connectivity index (χ4n) is 2.00. The van der Waals surface area contributed by atoms with Gasteiger partial charge in [0.1, 0.15) is 11.6 Å². The maximum Gasteiger partial charge on any atom is 0.191 e. The number of benzene rings is 1. The summed E-state index contributed by atoms with van der Waals surface area (Å²) in [7, 11) is -0.977. The van der Waals surface area contributed by atoms with Crippen LogP contribution in [-0.4, -0.2) is 33.8 Å². The van der Waals surface area contributed by atoms with Crippen molar-refractivity contribution in [2.45, 2.75) is 45.4 Å². The zero-order chi connectivity index (χ0) is 18.3. The summed E-state index contributed by atoms with van der Waals surface area (Å²) >= 11 is 0. The Kier molecular flexibility index (Phi) is 7.79. The molecule has 2 atom stereocenters. The molecule has 0 aromatic heterocycles. The Morgan fingerprint density at radius 2 is 2.00 bits per heavy atom. The molecule has 2 N–H and O–H groups in total. The molecule has 136 valence electrons. The van der Waals surface area contributed by atoms with Crippen LogP contribution in [0.25, 0.3) is 0 Å². The molecule has 0 amide bonds.